The second-order valence-corrected chi connectivity index (χ2v) is 5.90. The number of fused-ring (bicyclic) bond motifs is 2. The molecule has 2 heterocycles. The summed E-state index contributed by atoms with van der Waals surface area (Å²) in [6.45, 7) is 1.73. The Labute approximate surface area is 142 Å². The van der Waals surface area contributed by atoms with Gasteiger partial charge in [-0.1, -0.05) is 30.3 Å². The third-order valence-corrected chi connectivity index (χ3v) is 4.12. The summed E-state index contributed by atoms with van der Waals surface area (Å²) in [5, 5.41) is 3.84. The zero-order valence-electron chi connectivity index (χ0n) is 13.6. The Kier molecular flexibility index (Phi) is 3.65. The molecule has 6 heteroatoms. The number of hydrogen-bond acceptors (Lipinski definition) is 4. The van der Waals surface area contributed by atoms with Crippen LogP contribution >= 0.6 is 0 Å². The number of rotatable bonds is 4. The molecule has 2 aromatic heterocycles. The molecule has 0 aliphatic carbocycles. The van der Waals surface area contributed by atoms with Crippen LogP contribution in [0.4, 0.5) is 0 Å². The molecule has 1 atom stereocenters. The number of para-hydroxylation sites is 3. The molecule has 0 bridgehead atoms. The molecule has 0 spiro atoms. The Bertz CT molecular complexity index is 1090. The Morgan fingerprint density at radius 1 is 1.08 bits per heavy atom. The normalized spacial score (nSPS) is 12.5. The van der Waals surface area contributed by atoms with Crippen molar-refractivity contribution >= 4 is 28.0 Å². The van der Waals surface area contributed by atoms with Gasteiger partial charge in [0.05, 0.1) is 11.6 Å². The maximum atomic E-state index is 12.4. The van der Waals surface area contributed by atoms with Gasteiger partial charge in [0, 0.05) is 5.39 Å². The Hall–Kier alpha value is -3.28. The maximum absolute atomic E-state index is 12.4. The number of aromatic nitrogens is 1. The van der Waals surface area contributed by atoms with E-state index >= 15 is 0 Å². The molecule has 0 fully saturated rings. The number of oxazole rings is 1. The maximum Gasteiger partial charge on any atom is 0.420 e. The summed E-state index contributed by atoms with van der Waals surface area (Å²) in [6.07, 6.45) is 0. The lowest BCUT2D eigenvalue weighted by atomic mass is 10.2. The first-order chi connectivity index (χ1) is 12.1. The van der Waals surface area contributed by atoms with Crippen molar-refractivity contribution in [3.63, 3.8) is 0 Å². The van der Waals surface area contributed by atoms with Crippen LogP contribution < -0.4 is 11.1 Å². The summed E-state index contributed by atoms with van der Waals surface area (Å²) in [7, 11) is 0. The van der Waals surface area contributed by atoms with Crippen molar-refractivity contribution in [2.24, 2.45) is 0 Å². The minimum atomic E-state index is -0.548. The van der Waals surface area contributed by atoms with Gasteiger partial charge in [0.2, 0.25) is 5.91 Å². The zero-order chi connectivity index (χ0) is 17.4. The van der Waals surface area contributed by atoms with Crippen molar-refractivity contribution in [3.05, 3.63) is 70.9 Å². The molecule has 1 amide bonds. The van der Waals surface area contributed by atoms with Crippen molar-refractivity contribution in [2.45, 2.75) is 19.5 Å². The fourth-order valence-corrected chi connectivity index (χ4v) is 2.88. The van der Waals surface area contributed by atoms with Gasteiger partial charge in [-0.25, -0.2) is 4.79 Å². The summed E-state index contributed by atoms with van der Waals surface area (Å²) < 4.78 is 12.2. The standard InChI is InChI=1S/C19H16N2O4/c1-12(17-10-13-6-2-4-8-15(13)24-17)20-18(22)11-21-14-7-3-5-9-16(14)25-19(21)23/h2-10,12H,11H2,1H3,(H,20,22). The molecule has 1 N–H and O–H groups in total. The highest BCUT2D eigenvalue weighted by Gasteiger charge is 2.17. The van der Waals surface area contributed by atoms with Crippen molar-refractivity contribution in [1.29, 1.82) is 0 Å². The SMILES string of the molecule is CC(NC(=O)Cn1c(=O)oc2ccccc21)c1cc2ccccc2o1. The number of nitrogens with zero attached hydrogens (tertiary/aromatic N) is 1. The zero-order valence-corrected chi connectivity index (χ0v) is 13.6. The fraction of sp³-hybridized carbons (Fsp3) is 0.158. The van der Waals surface area contributed by atoms with E-state index in [0.717, 1.165) is 11.0 Å². The summed E-state index contributed by atoms with van der Waals surface area (Å²) in [4.78, 5) is 24.3. The topological polar surface area (TPSA) is 77.4 Å². The van der Waals surface area contributed by atoms with Gasteiger partial charge < -0.3 is 14.2 Å². The van der Waals surface area contributed by atoms with Crippen molar-refractivity contribution in [3.8, 4) is 0 Å². The van der Waals surface area contributed by atoms with Crippen molar-refractivity contribution in [2.75, 3.05) is 0 Å². The molecule has 2 aromatic carbocycles. The monoisotopic (exact) mass is 336 g/mol. The van der Waals surface area contributed by atoms with Crippen molar-refractivity contribution in [1.82, 2.24) is 9.88 Å². The van der Waals surface area contributed by atoms with Gasteiger partial charge in [0.1, 0.15) is 17.9 Å². The highest BCUT2D eigenvalue weighted by atomic mass is 16.4. The van der Waals surface area contributed by atoms with E-state index in [4.69, 9.17) is 8.83 Å². The summed E-state index contributed by atoms with van der Waals surface area (Å²) >= 11 is 0. The molecule has 6 nitrogen and oxygen atoms in total. The number of hydrogen-bond donors (Lipinski definition) is 1. The molecule has 0 aliphatic heterocycles. The van der Waals surface area contributed by atoms with E-state index in [1.54, 1.807) is 24.3 Å². The Morgan fingerprint density at radius 2 is 1.80 bits per heavy atom. The van der Waals surface area contributed by atoms with Crippen LogP contribution in [0.15, 0.2) is 68.2 Å². The number of carbonyl (C=O) groups excluding carboxylic acids is 1. The second-order valence-electron chi connectivity index (χ2n) is 5.90. The molecule has 126 valence electrons. The van der Waals surface area contributed by atoms with E-state index in [-0.39, 0.29) is 18.5 Å². The second kappa shape index (κ2) is 5.98. The van der Waals surface area contributed by atoms with Gasteiger partial charge in [-0.2, -0.15) is 0 Å². The molecule has 4 rings (SSSR count). The number of benzene rings is 2. The van der Waals surface area contributed by atoms with Gasteiger partial charge >= 0.3 is 5.76 Å². The number of carbonyl (C=O) groups is 1. The highest BCUT2D eigenvalue weighted by Crippen LogP contribution is 2.23. The number of furan rings is 1. The molecular formula is C19H16N2O4. The first-order valence-corrected chi connectivity index (χ1v) is 7.98. The molecule has 0 saturated carbocycles. The van der Waals surface area contributed by atoms with Crippen molar-refractivity contribution < 1.29 is 13.6 Å². The third-order valence-electron chi connectivity index (χ3n) is 4.12. The van der Waals surface area contributed by atoms with Gasteiger partial charge in [-0.05, 0) is 31.2 Å². The summed E-state index contributed by atoms with van der Waals surface area (Å²) in [5.41, 5.74) is 1.83. The lowest BCUT2D eigenvalue weighted by Crippen LogP contribution is -2.32. The van der Waals surface area contributed by atoms with Gasteiger partial charge in [0.25, 0.3) is 0 Å². The van der Waals surface area contributed by atoms with E-state index in [9.17, 15) is 9.59 Å². The largest absolute Gasteiger partial charge is 0.459 e. The van der Waals surface area contributed by atoms with Crippen LogP contribution in [0.2, 0.25) is 0 Å². The number of amides is 1. The average Bonchev–Trinajstić information content (AvgIpc) is 3.16. The average molecular weight is 336 g/mol. The number of nitrogens with one attached hydrogen (secondary N) is 1. The smallest absolute Gasteiger partial charge is 0.420 e. The lowest BCUT2D eigenvalue weighted by molar-refractivity contribution is -0.122. The molecule has 1 unspecified atom stereocenters. The van der Waals surface area contributed by atoms with Crippen LogP contribution in [0.3, 0.4) is 0 Å². The minimum absolute atomic E-state index is 0.111. The van der Waals surface area contributed by atoms with Crippen LogP contribution in [-0.4, -0.2) is 10.5 Å². The predicted molar refractivity (Wildman–Crippen MR) is 93.2 cm³/mol. The lowest BCUT2D eigenvalue weighted by Gasteiger charge is -2.11. The minimum Gasteiger partial charge on any atom is -0.459 e. The van der Waals surface area contributed by atoms with Crippen LogP contribution in [0, 0.1) is 0 Å². The van der Waals surface area contributed by atoms with E-state index in [2.05, 4.69) is 5.32 Å². The third kappa shape index (κ3) is 2.82. The molecule has 0 radical (unpaired) electrons. The van der Waals surface area contributed by atoms with Crippen LogP contribution in [0.25, 0.3) is 22.1 Å². The molecule has 0 saturated heterocycles. The van der Waals surface area contributed by atoms with Gasteiger partial charge in [0.15, 0.2) is 5.58 Å². The summed E-state index contributed by atoms with van der Waals surface area (Å²) in [5.74, 6) is -0.173. The molecular weight excluding hydrogens is 320 g/mol. The van der Waals surface area contributed by atoms with E-state index in [1.807, 2.05) is 37.3 Å². The van der Waals surface area contributed by atoms with Crippen LogP contribution in [0.1, 0.15) is 18.7 Å². The molecule has 0 aliphatic rings. The van der Waals surface area contributed by atoms with Crippen LogP contribution in [-0.2, 0) is 11.3 Å². The van der Waals surface area contributed by atoms with E-state index < -0.39 is 5.76 Å². The first-order valence-electron chi connectivity index (χ1n) is 7.98. The quantitative estimate of drug-likeness (QED) is 0.621. The van der Waals surface area contributed by atoms with E-state index in [0.29, 0.717) is 16.9 Å². The van der Waals surface area contributed by atoms with Gasteiger partial charge in [-0.3, -0.25) is 9.36 Å². The van der Waals surface area contributed by atoms with E-state index in [1.165, 1.54) is 4.57 Å². The van der Waals surface area contributed by atoms with Gasteiger partial charge in [-0.15, -0.1) is 0 Å². The fourth-order valence-electron chi connectivity index (χ4n) is 2.88. The first kappa shape index (κ1) is 15.3. The Morgan fingerprint density at radius 3 is 2.60 bits per heavy atom. The molecule has 25 heavy (non-hydrogen) atoms. The highest BCUT2D eigenvalue weighted by molar-refractivity contribution is 5.80. The Balaban J connectivity index is 1.53. The predicted octanol–water partition coefficient (Wildman–Crippen LogP) is 3.22. The molecule has 4 aromatic rings. The van der Waals surface area contributed by atoms with Crippen LogP contribution in [0.5, 0.6) is 0 Å². The summed E-state index contributed by atoms with van der Waals surface area (Å²) in [6, 6.07) is 16.3.